The van der Waals surface area contributed by atoms with E-state index in [-0.39, 0.29) is 5.63 Å². The number of hydrogen-bond donors (Lipinski definition) is 0. The van der Waals surface area contributed by atoms with E-state index in [2.05, 4.69) is 14.5 Å². The molecule has 0 atom stereocenters. The second-order valence-electron chi connectivity index (χ2n) is 8.18. The van der Waals surface area contributed by atoms with Crippen molar-refractivity contribution < 1.29 is 9.15 Å². The lowest BCUT2D eigenvalue weighted by Gasteiger charge is -2.30. The summed E-state index contributed by atoms with van der Waals surface area (Å²) in [6, 6.07) is 11.8. The predicted molar refractivity (Wildman–Crippen MR) is 124 cm³/mol. The minimum absolute atomic E-state index is 0.305. The van der Waals surface area contributed by atoms with Crippen LogP contribution in [0.5, 0.6) is 5.75 Å². The van der Waals surface area contributed by atoms with Crippen molar-refractivity contribution >= 4 is 22.6 Å². The first kappa shape index (κ1) is 20.8. The summed E-state index contributed by atoms with van der Waals surface area (Å²) >= 11 is 6.59. The monoisotopic (exact) mass is 449 g/mol. The lowest BCUT2D eigenvalue weighted by Crippen LogP contribution is -2.33. The Morgan fingerprint density at radius 3 is 2.81 bits per heavy atom. The molecule has 0 N–H and O–H groups in total. The molecule has 0 radical (unpaired) electrons. The van der Waals surface area contributed by atoms with E-state index in [1.54, 1.807) is 6.20 Å². The zero-order chi connectivity index (χ0) is 22.1. The molecule has 0 saturated heterocycles. The van der Waals surface area contributed by atoms with Gasteiger partial charge in [0.15, 0.2) is 0 Å². The third-order valence-corrected chi connectivity index (χ3v) is 6.31. The van der Waals surface area contributed by atoms with E-state index in [1.807, 2.05) is 55.8 Å². The van der Waals surface area contributed by atoms with Gasteiger partial charge in [0.05, 0.1) is 16.9 Å². The summed E-state index contributed by atoms with van der Waals surface area (Å²) in [5.41, 5.74) is 3.74. The Kier molecular flexibility index (Phi) is 5.72. The number of ether oxygens (including phenoxy) is 1. The Balaban J connectivity index is 1.45. The summed E-state index contributed by atoms with van der Waals surface area (Å²) in [6.45, 7) is 4.78. The number of aryl methyl sites for hydroxylation is 2. The van der Waals surface area contributed by atoms with Crippen molar-refractivity contribution in [3.8, 4) is 5.75 Å². The molecule has 5 rings (SSSR count). The molecule has 0 bridgehead atoms. The van der Waals surface area contributed by atoms with E-state index in [9.17, 15) is 4.79 Å². The van der Waals surface area contributed by atoms with Gasteiger partial charge in [-0.25, -0.2) is 9.78 Å². The maximum absolute atomic E-state index is 13.0. The van der Waals surface area contributed by atoms with E-state index >= 15 is 0 Å². The van der Waals surface area contributed by atoms with Crippen LogP contribution in [-0.4, -0.2) is 27.7 Å². The lowest BCUT2D eigenvalue weighted by molar-refractivity contribution is 0.0934. The average Bonchev–Trinajstić information content (AvgIpc) is 3.32. The van der Waals surface area contributed by atoms with Crippen LogP contribution in [0.1, 0.15) is 28.7 Å². The van der Waals surface area contributed by atoms with Crippen LogP contribution in [0.4, 0.5) is 0 Å². The topological polar surface area (TPSA) is 60.5 Å². The molecule has 7 heteroatoms. The molecule has 3 heterocycles. The van der Waals surface area contributed by atoms with E-state index in [0.29, 0.717) is 41.6 Å². The number of imidazole rings is 1. The molecule has 0 aliphatic carbocycles. The van der Waals surface area contributed by atoms with Gasteiger partial charge < -0.3 is 13.7 Å². The highest BCUT2D eigenvalue weighted by molar-refractivity contribution is 6.33. The lowest BCUT2D eigenvalue weighted by atomic mass is 9.97. The Bertz CT molecular complexity index is 1300. The van der Waals surface area contributed by atoms with Crippen molar-refractivity contribution in [3.05, 3.63) is 92.8 Å². The van der Waals surface area contributed by atoms with Crippen LogP contribution in [0.25, 0.3) is 11.0 Å². The van der Waals surface area contributed by atoms with Crippen molar-refractivity contribution in [3.63, 3.8) is 0 Å². The molecule has 32 heavy (non-hydrogen) atoms. The smallest absolute Gasteiger partial charge is 0.340 e. The second-order valence-corrected chi connectivity index (χ2v) is 8.59. The van der Waals surface area contributed by atoms with Gasteiger partial charge >= 0.3 is 5.63 Å². The maximum atomic E-state index is 13.0. The van der Waals surface area contributed by atoms with Crippen LogP contribution in [0.15, 0.2) is 64.3 Å². The molecular formula is C25H24ClN3O3. The van der Waals surface area contributed by atoms with Gasteiger partial charge in [-0.3, -0.25) is 4.90 Å². The van der Waals surface area contributed by atoms with Crippen LogP contribution in [-0.2, 0) is 19.5 Å². The number of hydrogen-bond acceptors (Lipinski definition) is 5. The van der Waals surface area contributed by atoms with Crippen LogP contribution < -0.4 is 10.4 Å². The van der Waals surface area contributed by atoms with Crippen molar-refractivity contribution in [2.45, 2.75) is 32.9 Å². The molecule has 6 nitrogen and oxygen atoms in total. The molecule has 1 aliphatic rings. The van der Waals surface area contributed by atoms with Crippen molar-refractivity contribution in [2.24, 2.45) is 0 Å². The molecule has 2 aromatic carbocycles. The van der Waals surface area contributed by atoms with Crippen LogP contribution in [0.2, 0.25) is 5.02 Å². The van der Waals surface area contributed by atoms with Gasteiger partial charge in [0.2, 0.25) is 0 Å². The third-order valence-electron chi connectivity index (χ3n) is 6.03. The summed E-state index contributed by atoms with van der Waals surface area (Å²) in [5.74, 6) is 0.614. The molecule has 0 amide bonds. The molecule has 1 aliphatic heterocycles. The SMILES string of the molecule is Cc1c(Cc2ccccc2)c(=O)oc2c3c(c(Cl)cc12)OCN(CCCn1ccnc1)C3. The summed E-state index contributed by atoms with van der Waals surface area (Å²) in [6.07, 6.45) is 7.04. The predicted octanol–water partition coefficient (Wildman–Crippen LogP) is 4.78. The second kappa shape index (κ2) is 8.81. The van der Waals surface area contributed by atoms with Crippen molar-refractivity contribution in [2.75, 3.05) is 13.3 Å². The highest BCUT2D eigenvalue weighted by Gasteiger charge is 2.26. The molecule has 0 spiro atoms. The van der Waals surface area contributed by atoms with E-state index < -0.39 is 0 Å². The first-order chi connectivity index (χ1) is 15.6. The first-order valence-electron chi connectivity index (χ1n) is 10.7. The number of aromatic nitrogens is 2. The van der Waals surface area contributed by atoms with E-state index in [1.165, 1.54) is 0 Å². The Labute approximate surface area is 191 Å². The van der Waals surface area contributed by atoms with Crippen molar-refractivity contribution in [1.29, 1.82) is 0 Å². The van der Waals surface area contributed by atoms with Gasteiger partial charge in [0.1, 0.15) is 18.1 Å². The van der Waals surface area contributed by atoms with Crippen molar-refractivity contribution in [1.82, 2.24) is 14.5 Å². The van der Waals surface area contributed by atoms with Gasteiger partial charge in [-0.1, -0.05) is 41.9 Å². The zero-order valence-corrected chi connectivity index (χ0v) is 18.6. The van der Waals surface area contributed by atoms with Gasteiger partial charge in [0, 0.05) is 49.4 Å². The summed E-state index contributed by atoms with van der Waals surface area (Å²) in [4.78, 5) is 19.2. The normalized spacial score (nSPS) is 13.8. The van der Waals surface area contributed by atoms with Crippen LogP contribution >= 0.6 is 11.6 Å². The zero-order valence-electron chi connectivity index (χ0n) is 17.9. The fourth-order valence-corrected chi connectivity index (χ4v) is 4.58. The van der Waals surface area contributed by atoms with Gasteiger partial charge in [0.25, 0.3) is 0 Å². The fraction of sp³-hybridized carbons (Fsp3) is 0.280. The maximum Gasteiger partial charge on any atom is 0.340 e. The standard InChI is InChI=1S/C25H24ClN3O3/c1-17-19-13-22(26)24-21(14-29(16-31-24)10-5-9-28-11-8-27-15-28)23(19)32-25(30)20(17)12-18-6-3-2-4-7-18/h2-4,6-8,11,13,15H,5,9-10,12,14,16H2,1H3. The average molecular weight is 450 g/mol. The van der Waals surface area contributed by atoms with E-state index in [0.717, 1.165) is 41.6 Å². The Hall–Kier alpha value is -3.09. The number of nitrogens with zero attached hydrogens (tertiary/aromatic N) is 3. The fourth-order valence-electron chi connectivity index (χ4n) is 4.30. The third kappa shape index (κ3) is 4.04. The molecular weight excluding hydrogens is 426 g/mol. The molecule has 2 aromatic heterocycles. The molecule has 164 valence electrons. The molecule has 0 fully saturated rings. The van der Waals surface area contributed by atoms with Gasteiger partial charge in [-0.2, -0.15) is 0 Å². The molecule has 0 saturated carbocycles. The highest BCUT2D eigenvalue weighted by atomic mass is 35.5. The number of benzene rings is 2. The summed E-state index contributed by atoms with van der Waals surface area (Å²) in [5, 5.41) is 1.41. The molecule has 4 aromatic rings. The Morgan fingerprint density at radius 2 is 2.03 bits per heavy atom. The van der Waals surface area contributed by atoms with Crippen LogP contribution in [0.3, 0.4) is 0 Å². The highest BCUT2D eigenvalue weighted by Crippen LogP contribution is 2.39. The van der Waals surface area contributed by atoms with Gasteiger partial charge in [-0.15, -0.1) is 0 Å². The number of fused-ring (bicyclic) bond motifs is 3. The summed E-state index contributed by atoms with van der Waals surface area (Å²) < 4.78 is 13.9. The summed E-state index contributed by atoms with van der Waals surface area (Å²) in [7, 11) is 0. The number of halogens is 1. The van der Waals surface area contributed by atoms with E-state index in [4.69, 9.17) is 20.8 Å². The first-order valence-corrected chi connectivity index (χ1v) is 11.1. The minimum Gasteiger partial charge on any atom is -0.476 e. The van der Waals surface area contributed by atoms with Gasteiger partial charge in [-0.05, 0) is 30.5 Å². The largest absolute Gasteiger partial charge is 0.476 e. The quantitative estimate of drug-likeness (QED) is 0.396. The van der Waals surface area contributed by atoms with Crippen LogP contribution in [0, 0.1) is 6.92 Å². The minimum atomic E-state index is -0.305. The Morgan fingerprint density at radius 1 is 1.19 bits per heavy atom. The number of rotatable bonds is 6. The molecule has 0 unspecified atom stereocenters.